The molecule has 5 nitrogen and oxygen atoms in total. The molecule has 7 heteroatoms. The van der Waals surface area contributed by atoms with Crippen LogP contribution in [0.3, 0.4) is 0 Å². The number of sulfonamides is 1. The van der Waals surface area contributed by atoms with E-state index >= 15 is 0 Å². The van der Waals surface area contributed by atoms with Gasteiger partial charge in [0, 0.05) is 19.6 Å². The Hall–Kier alpha value is -1.05. The monoisotopic (exact) mass is 396 g/mol. The second-order valence-electron chi connectivity index (χ2n) is 7.08. The van der Waals surface area contributed by atoms with Crippen molar-refractivity contribution in [3.05, 3.63) is 35.9 Å². The summed E-state index contributed by atoms with van der Waals surface area (Å²) in [6.45, 7) is 3.76. The van der Waals surface area contributed by atoms with Gasteiger partial charge in [-0.3, -0.25) is 4.79 Å². The van der Waals surface area contributed by atoms with Gasteiger partial charge in [-0.05, 0) is 31.2 Å². The molecule has 1 spiro atoms. The number of carbonyl (C=O) groups is 1. The van der Waals surface area contributed by atoms with Crippen LogP contribution < -0.4 is 0 Å². The lowest BCUT2D eigenvalue weighted by Crippen LogP contribution is -2.53. The van der Waals surface area contributed by atoms with Crippen molar-refractivity contribution in [2.45, 2.75) is 43.9 Å². The van der Waals surface area contributed by atoms with Crippen molar-refractivity contribution in [1.82, 2.24) is 9.21 Å². The fourth-order valence-electron chi connectivity index (χ4n) is 3.78. The second kappa shape index (κ2) is 8.31. The van der Waals surface area contributed by atoms with Gasteiger partial charge in [0.1, 0.15) is 0 Å². The minimum Gasteiger partial charge on any atom is -0.327 e. The number of hydrogen-bond acceptors (Lipinski definition) is 4. The Balaban J connectivity index is 1.63. The highest BCUT2D eigenvalue weighted by Gasteiger charge is 2.48. The van der Waals surface area contributed by atoms with Crippen LogP contribution in [0.2, 0.25) is 0 Å². The maximum Gasteiger partial charge on any atom is 0.233 e. The van der Waals surface area contributed by atoms with Gasteiger partial charge in [-0.25, -0.2) is 12.7 Å². The summed E-state index contributed by atoms with van der Waals surface area (Å²) >= 11 is 1.70. The molecule has 3 rings (SSSR count). The Morgan fingerprint density at radius 3 is 2.50 bits per heavy atom. The van der Waals surface area contributed by atoms with Gasteiger partial charge < -0.3 is 4.90 Å². The topological polar surface area (TPSA) is 57.7 Å². The van der Waals surface area contributed by atoms with E-state index in [1.165, 1.54) is 5.56 Å². The van der Waals surface area contributed by atoms with Crippen LogP contribution in [-0.2, 0) is 21.2 Å². The molecule has 2 aliphatic heterocycles. The Bertz CT molecular complexity index is 714. The molecule has 0 radical (unpaired) electrons. The molecule has 1 amide bonds. The molecule has 0 saturated carbocycles. The molecule has 0 unspecified atom stereocenters. The lowest BCUT2D eigenvalue weighted by atomic mass is 10.0. The Morgan fingerprint density at radius 1 is 1.15 bits per heavy atom. The Kier molecular flexibility index (Phi) is 6.30. The molecular formula is C19H28N2O3S2. The van der Waals surface area contributed by atoms with Crippen molar-refractivity contribution >= 4 is 27.7 Å². The third-order valence-electron chi connectivity index (χ3n) is 5.38. The molecule has 1 aromatic rings. The zero-order valence-corrected chi connectivity index (χ0v) is 17.0. The Morgan fingerprint density at radius 2 is 1.85 bits per heavy atom. The molecule has 0 N–H and O–H groups in total. The summed E-state index contributed by atoms with van der Waals surface area (Å²) in [6.07, 6.45) is 3.88. The van der Waals surface area contributed by atoms with Gasteiger partial charge >= 0.3 is 0 Å². The van der Waals surface area contributed by atoms with E-state index in [1.807, 2.05) is 30.0 Å². The van der Waals surface area contributed by atoms with Crippen LogP contribution in [0, 0.1) is 0 Å². The van der Waals surface area contributed by atoms with Gasteiger partial charge in [0.25, 0.3) is 0 Å². The molecule has 0 atom stereocenters. The lowest BCUT2D eigenvalue weighted by Gasteiger charge is -2.43. The molecule has 1 aromatic carbocycles. The molecule has 2 saturated heterocycles. The van der Waals surface area contributed by atoms with E-state index in [2.05, 4.69) is 12.1 Å². The first-order valence-electron chi connectivity index (χ1n) is 9.43. The summed E-state index contributed by atoms with van der Waals surface area (Å²) < 4.78 is 26.5. The van der Waals surface area contributed by atoms with Crippen LogP contribution in [0.5, 0.6) is 0 Å². The molecule has 0 bridgehead atoms. The third-order valence-corrected chi connectivity index (χ3v) is 8.89. The number of rotatable bonds is 7. The highest BCUT2D eigenvalue weighted by Crippen LogP contribution is 2.44. The number of nitrogens with zero attached hydrogens (tertiary/aromatic N) is 2. The largest absolute Gasteiger partial charge is 0.327 e. The van der Waals surface area contributed by atoms with Crippen LogP contribution >= 0.6 is 11.8 Å². The van der Waals surface area contributed by atoms with Gasteiger partial charge in [0.15, 0.2) is 0 Å². The first-order chi connectivity index (χ1) is 12.5. The minimum atomic E-state index is -3.16. The molecule has 0 aliphatic carbocycles. The molecule has 2 aliphatic rings. The number of amides is 1. The molecule has 2 heterocycles. The maximum absolute atomic E-state index is 12.5. The van der Waals surface area contributed by atoms with Crippen LogP contribution in [0.1, 0.15) is 38.2 Å². The van der Waals surface area contributed by atoms with Gasteiger partial charge in [0.05, 0.1) is 16.4 Å². The van der Waals surface area contributed by atoms with Gasteiger partial charge in [0.2, 0.25) is 15.9 Å². The van der Waals surface area contributed by atoms with Crippen molar-refractivity contribution in [3.8, 4) is 0 Å². The van der Waals surface area contributed by atoms with E-state index in [0.717, 1.165) is 25.7 Å². The first-order valence-corrected chi connectivity index (χ1v) is 12.0. The van der Waals surface area contributed by atoms with Crippen molar-refractivity contribution in [2.24, 2.45) is 0 Å². The number of thioether (sulfide) groups is 1. The first kappa shape index (κ1) is 19.7. The summed E-state index contributed by atoms with van der Waals surface area (Å²) in [6, 6.07) is 10.2. The number of hydrogen-bond donors (Lipinski definition) is 0. The number of benzene rings is 1. The van der Waals surface area contributed by atoms with Gasteiger partial charge in [-0.1, -0.05) is 43.7 Å². The molecule has 144 valence electrons. The summed E-state index contributed by atoms with van der Waals surface area (Å²) in [4.78, 5) is 14.3. The van der Waals surface area contributed by atoms with Crippen LogP contribution in [0.15, 0.2) is 30.3 Å². The fraction of sp³-hybridized carbons (Fsp3) is 0.632. The van der Waals surface area contributed by atoms with Gasteiger partial charge in [-0.2, -0.15) is 0 Å². The molecule has 26 heavy (non-hydrogen) atoms. The van der Waals surface area contributed by atoms with Crippen LogP contribution in [-0.4, -0.2) is 59.5 Å². The highest BCUT2D eigenvalue weighted by molar-refractivity contribution is 8.01. The number of piperidine rings is 1. The SMILES string of the molecule is CCCCS(=O)(=O)N1CCC2(CC1)SCC(=O)N2CCc1ccccc1. The average Bonchev–Trinajstić information content (AvgIpc) is 2.95. The predicted octanol–water partition coefficient (Wildman–Crippen LogP) is 2.73. The van der Waals surface area contributed by atoms with E-state index in [9.17, 15) is 13.2 Å². The minimum absolute atomic E-state index is 0.188. The van der Waals surface area contributed by atoms with Crippen molar-refractivity contribution in [3.63, 3.8) is 0 Å². The van der Waals surface area contributed by atoms with E-state index < -0.39 is 10.0 Å². The number of unbranched alkanes of at least 4 members (excludes halogenated alkanes) is 1. The molecule has 0 aromatic heterocycles. The van der Waals surface area contributed by atoms with E-state index in [0.29, 0.717) is 31.8 Å². The normalized spacial score (nSPS) is 20.8. The third kappa shape index (κ3) is 4.26. The zero-order chi connectivity index (χ0) is 18.6. The Labute approximate surface area is 161 Å². The highest BCUT2D eigenvalue weighted by atomic mass is 32.2. The zero-order valence-electron chi connectivity index (χ0n) is 15.4. The van der Waals surface area contributed by atoms with Crippen LogP contribution in [0.4, 0.5) is 0 Å². The fourth-order valence-corrected chi connectivity index (χ4v) is 6.80. The van der Waals surface area contributed by atoms with Crippen molar-refractivity contribution < 1.29 is 13.2 Å². The summed E-state index contributed by atoms with van der Waals surface area (Å²) in [5, 5.41) is 0. The van der Waals surface area contributed by atoms with E-state index in [1.54, 1.807) is 16.1 Å². The molecular weight excluding hydrogens is 368 g/mol. The average molecular weight is 397 g/mol. The summed E-state index contributed by atoms with van der Waals surface area (Å²) in [5.41, 5.74) is 1.23. The molecule has 2 fully saturated rings. The quantitative estimate of drug-likeness (QED) is 0.711. The van der Waals surface area contributed by atoms with Gasteiger partial charge in [-0.15, -0.1) is 11.8 Å². The van der Waals surface area contributed by atoms with E-state index in [4.69, 9.17) is 0 Å². The smallest absolute Gasteiger partial charge is 0.233 e. The predicted molar refractivity (Wildman–Crippen MR) is 107 cm³/mol. The lowest BCUT2D eigenvalue weighted by molar-refractivity contribution is -0.130. The van der Waals surface area contributed by atoms with Crippen molar-refractivity contribution in [1.29, 1.82) is 0 Å². The van der Waals surface area contributed by atoms with E-state index in [-0.39, 0.29) is 16.5 Å². The van der Waals surface area contributed by atoms with Crippen molar-refractivity contribution in [2.75, 3.05) is 31.1 Å². The van der Waals surface area contributed by atoms with Crippen LogP contribution in [0.25, 0.3) is 0 Å². The summed E-state index contributed by atoms with van der Waals surface area (Å²) in [5.74, 6) is 0.936. The number of carbonyl (C=O) groups excluding carboxylic acids is 1. The maximum atomic E-state index is 12.5. The summed E-state index contributed by atoms with van der Waals surface area (Å²) in [7, 11) is -3.16. The standard InChI is InChI=1S/C19H28N2O3S2/c1-2-3-15-26(23,24)20-13-10-19(11-14-20)21(18(22)16-25-19)12-9-17-7-5-4-6-8-17/h4-8H,2-3,9-16H2,1H3. The second-order valence-corrected chi connectivity index (χ2v) is 10.5.